The van der Waals surface area contributed by atoms with Crippen molar-refractivity contribution in [1.29, 1.82) is 0 Å². The van der Waals surface area contributed by atoms with Crippen LogP contribution in [0.4, 0.5) is 22.4 Å². The molecular formula is C19H23F4NO5. The van der Waals surface area contributed by atoms with Crippen LogP contribution in [0.5, 0.6) is 5.75 Å². The highest BCUT2D eigenvalue weighted by Crippen LogP contribution is 2.43. The summed E-state index contributed by atoms with van der Waals surface area (Å²) < 4.78 is 65.7. The molecule has 1 aromatic rings. The lowest BCUT2D eigenvalue weighted by Crippen LogP contribution is -2.48. The first kappa shape index (κ1) is 21.6. The van der Waals surface area contributed by atoms with Crippen molar-refractivity contribution >= 4 is 6.09 Å². The average Bonchev–Trinajstić information content (AvgIpc) is 3.10. The fourth-order valence-corrected chi connectivity index (χ4v) is 3.83. The molecule has 1 spiro atoms. The number of carbonyl (C=O) groups excluding carboxylic acids is 1. The summed E-state index contributed by atoms with van der Waals surface area (Å²) in [6.45, 7) is -1.36. The van der Waals surface area contributed by atoms with Crippen LogP contribution < -0.4 is 4.74 Å². The van der Waals surface area contributed by atoms with E-state index < -0.39 is 37.4 Å². The molecule has 3 rings (SSSR count). The third-order valence-electron chi connectivity index (χ3n) is 5.47. The quantitative estimate of drug-likeness (QED) is 0.739. The number of alkyl halides is 4. The third kappa shape index (κ3) is 5.11. The van der Waals surface area contributed by atoms with E-state index in [4.69, 9.17) is 14.6 Å². The maximum absolute atomic E-state index is 12.7. The molecule has 0 bridgehead atoms. The van der Waals surface area contributed by atoms with Crippen molar-refractivity contribution in [2.75, 3.05) is 33.2 Å². The molecule has 0 radical (unpaired) electrons. The van der Waals surface area contributed by atoms with E-state index in [1.807, 2.05) is 6.07 Å². The normalized spacial score (nSPS) is 22.5. The second-order valence-electron chi connectivity index (χ2n) is 7.30. The first-order valence-electron chi connectivity index (χ1n) is 9.32. The van der Waals surface area contributed by atoms with E-state index in [1.54, 1.807) is 18.2 Å². The number of aliphatic hydroxyl groups is 1. The maximum atomic E-state index is 12.7. The molecule has 1 aromatic carbocycles. The van der Waals surface area contributed by atoms with Gasteiger partial charge in [-0.2, -0.15) is 13.2 Å². The molecular weight excluding hydrogens is 398 g/mol. The van der Waals surface area contributed by atoms with Gasteiger partial charge in [-0.25, -0.2) is 9.18 Å². The predicted octanol–water partition coefficient (Wildman–Crippen LogP) is 3.39. The predicted molar refractivity (Wildman–Crippen MR) is 93.3 cm³/mol. The number of carbonyl (C=O) groups is 1. The highest BCUT2D eigenvalue weighted by molar-refractivity contribution is 5.68. The number of hydrogen-bond acceptors (Lipinski definition) is 5. The molecule has 2 aliphatic heterocycles. The number of halogens is 4. The molecule has 6 nitrogen and oxygen atoms in total. The van der Waals surface area contributed by atoms with Crippen molar-refractivity contribution < 1.29 is 41.7 Å². The van der Waals surface area contributed by atoms with Gasteiger partial charge in [-0.3, -0.25) is 0 Å². The molecule has 0 aromatic heterocycles. The molecule has 1 amide bonds. The second-order valence-corrected chi connectivity index (χ2v) is 7.30. The molecule has 2 aliphatic rings. The van der Waals surface area contributed by atoms with E-state index in [2.05, 4.69) is 4.74 Å². The molecule has 29 heavy (non-hydrogen) atoms. The number of ether oxygens (including phenoxy) is 3. The van der Waals surface area contributed by atoms with Crippen molar-refractivity contribution in [2.24, 2.45) is 0 Å². The Labute approximate surface area is 165 Å². The largest absolute Gasteiger partial charge is 0.463 e. The summed E-state index contributed by atoms with van der Waals surface area (Å²) in [4.78, 5) is 13.2. The molecule has 2 heterocycles. The lowest BCUT2D eigenvalue weighted by atomic mass is 9.83. The van der Waals surface area contributed by atoms with Gasteiger partial charge in [0.2, 0.25) is 13.0 Å². The minimum atomic E-state index is -4.82. The number of likely N-dealkylation sites (tertiary alicyclic amines) is 1. The summed E-state index contributed by atoms with van der Waals surface area (Å²) in [7, 11) is 0. The Balaban J connectivity index is 1.55. The van der Waals surface area contributed by atoms with Crippen molar-refractivity contribution in [3.05, 3.63) is 29.8 Å². The van der Waals surface area contributed by atoms with Gasteiger partial charge in [0.25, 0.3) is 0 Å². The lowest BCUT2D eigenvalue weighted by molar-refractivity contribution is -0.215. The van der Waals surface area contributed by atoms with E-state index in [1.165, 1.54) is 4.90 Å². The van der Waals surface area contributed by atoms with E-state index >= 15 is 0 Å². The van der Waals surface area contributed by atoms with Gasteiger partial charge in [0.1, 0.15) is 5.75 Å². The topological polar surface area (TPSA) is 68.2 Å². The first-order chi connectivity index (χ1) is 13.8. The van der Waals surface area contributed by atoms with Gasteiger partial charge in [-0.15, -0.1) is 0 Å². The smallest absolute Gasteiger partial charge is 0.427 e. The Bertz CT molecular complexity index is 706. The summed E-state index contributed by atoms with van der Waals surface area (Å²) in [6, 6.07) is 7.13. The highest BCUT2D eigenvalue weighted by atomic mass is 19.4. The van der Waals surface area contributed by atoms with Gasteiger partial charge in [0, 0.05) is 19.0 Å². The molecule has 0 saturated carbocycles. The van der Waals surface area contributed by atoms with Crippen LogP contribution in [0.3, 0.4) is 0 Å². The Kier molecular flexibility index (Phi) is 6.52. The number of hydrogen-bond donors (Lipinski definition) is 1. The standard InChI is InChI=1S/C19H23F4NO5/c20-12-27-15-3-1-2-13(8-15)14-9-18(28-11-14)4-6-24(7-5-18)17(26)29-16(10-25)19(21,22)23/h1-3,8,14,16,25H,4-7,9-12H2/t14?,16-/m1/s1. The fraction of sp³-hybridized carbons (Fsp3) is 0.632. The van der Waals surface area contributed by atoms with Crippen LogP contribution in [0.2, 0.25) is 0 Å². The van der Waals surface area contributed by atoms with Gasteiger partial charge in [0.15, 0.2) is 0 Å². The molecule has 1 N–H and O–H groups in total. The highest BCUT2D eigenvalue weighted by Gasteiger charge is 2.46. The maximum Gasteiger partial charge on any atom is 0.427 e. The van der Waals surface area contributed by atoms with Crippen molar-refractivity contribution in [2.45, 2.75) is 43.1 Å². The van der Waals surface area contributed by atoms with Crippen LogP contribution in [0.25, 0.3) is 0 Å². The fourth-order valence-electron chi connectivity index (χ4n) is 3.83. The van der Waals surface area contributed by atoms with Crippen LogP contribution >= 0.6 is 0 Å². The number of rotatable bonds is 5. The zero-order valence-corrected chi connectivity index (χ0v) is 15.7. The zero-order chi connectivity index (χ0) is 21.1. The molecule has 2 saturated heterocycles. The van der Waals surface area contributed by atoms with E-state index in [0.717, 1.165) is 5.56 Å². The van der Waals surface area contributed by atoms with Crippen LogP contribution in [0.15, 0.2) is 24.3 Å². The molecule has 1 unspecified atom stereocenters. The van der Waals surface area contributed by atoms with Crippen LogP contribution in [-0.4, -0.2) is 67.1 Å². The number of amides is 1. The minimum absolute atomic E-state index is 0.0839. The van der Waals surface area contributed by atoms with Gasteiger partial charge < -0.3 is 24.2 Å². The van der Waals surface area contributed by atoms with Crippen LogP contribution in [0, 0.1) is 0 Å². The number of nitrogens with zero attached hydrogens (tertiary/aromatic N) is 1. The summed E-state index contributed by atoms with van der Waals surface area (Å²) in [6.07, 6.45) is -6.82. The van der Waals surface area contributed by atoms with Gasteiger partial charge in [-0.05, 0) is 37.0 Å². The van der Waals surface area contributed by atoms with E-state index in [-0.39, 0.29) is 19.0 Å². The Morgan fingerprint density at radius 2 is 2.07 bits per heavy atom. The van der Waals surface area contributed by atoms with Crippen molar-refractivity contribution in [3.63, 3.8) is 0 Å². The van der Waals surface area contributed by atoms with E-state index in [9.17, 15) is 22.4 Å². The monoisotopic (exact) mass is 421 g/mol. The zero-order valence-electron chi connectivity index (χ0n) is 15.7. The van der Waals surface area contributed by atoms with Crippen molar-refractivity contribution in [3.8, 4) is 5.75 Å². The SMILES string of the molecule is O=C(O[C@H](CO)C(F)(F)F)N1CCC2(CC1)CC(c1cccc(OCF)c1)CO2. The molecule has 2 atom stereocenters. The van der Waals surface area contributed by atoms with Crippen molar-refractivity contribution in [1.82, 2.24) is 4.90 Å². The van der Waals surface area contributed by atoms with Gasteiger partial charge in [-0.1, -0.05) is 12.1 Å². The molecule has 2 fully saturated rings. The van der Waals surface area contributed by atoms with Crippen LogP contribution in [-0.2, 0) is 9.47 Å². The number of aliphatic hydroxyl groups excluding tert-OH is 1. The van der Waals surface area contributed by atoms with E-state index in [0.29, 0.717) is 31.6 Å². The molecule has 10 heteroatoms. The number of benzene rings is 1. The molecule has 162 valence electrons. The average molecular weight is 421 g/mol. The van der Waals surface area contributed by atoms with Gasteiger partial charge >= 0.3 is 12.3 Å². The summed E-state index contributed by atoms with van der Waals surface area (Å²) in [5.74, 6) is 0.521. The minimum Gasteiger partial charge on any atom is -0.463 e. The first-order valence-corrected chi connectivity index (χ1v) is 9.32. The van der Waals surface area contributed by atoms with Crippen LogP contribution in [0.1, 0.15) is 30.7 Å². The summed E-state index contributed by atoms with van der Waals surface area (Å²) in [5, 5.41) is 8.80. The Morgan fingerprint density at radius 1 is 1.34 bits per heavy atom. The Morgan fingerprint density at radius 3 is 2.69 bits per heavy atom. The third-order valence-corrected chi connectivity index (χ3v) is 5.47. The summed E-state index contributed by atoms with van der Waals surface area (Å²) in [5.41, 5.74) is 0.504. The number of piperidine rings is 1. The Hall–Kier alpha value is -2.07. The lowest BCUT2D eigenvalue weighted by Gasteiger charge is -2.38. The second kappa shape index (κ2) is 8.74. The summed E-state index contributed by atoms with van der Waals surface area (Å²) >= 11 is 0. The molecule has 0 aliphatic carbocycles. The van der Waals surface area contributed by atoms with Gasteiger partial charge in [0.05, 0.1) is 18.8 Å².